The van der Waals surface area contributed by atoms with E-state index >= 15 is 0 Å². The number of carbonyl (C=O) groups is 2. The average molecular weight is 272 g/mol. The van der Waals surface area contributed by atoms with Crippen molar-refractivity contribution in [1.29, 1.82) is 0 Å². The van der Waals surface area contributed by atoms with Gasteiger partial charge in [0, 0.05) is 18.3 Å². The van der Waals surface area contributed by atoms with E-state index in [-0.39, 0.29) is 17.2 Å². The van der Waals surface area contributed by atoms with Gasteiger partial charge in [-0.3, -0.25) is 4.79 Å². The van der Waals surface area contributed by atoms with Crippen molar-refractivity contribution < 1.29 is 19.2 Å². The van der Waals surface area contributed by atoms with Crippen molar-refractivity contribution in [3.63, 3.8) is 0 Å². The lowest BCUT2D eigenvalue weighted by Gasteiger charge is -2.29. The molecule has 1 aliphatic rings. The number of aromatic nitrogens is 1. The van der Waals surface area contributed by atoms with Crippen LogP contribution in [-0.2, 0) is 6.42 Å². The second-order valence-corrected chi connectivity index (χ2v) is 4.59. The van der Waals surface area contributed by atoms with Gasteiger partial charge >= 0.3 is 5.97 Å². The summed E-state index contributed by atoms with van der Waals surface area (Å²) in [5.74, 6) is -1.20. The zero-order valence-electron chi connectivity index (χ0n) is 10.6. The predicted octanol–water partition coefficient (Wildman–Crippen LogP) is 1.97. The number of aromatic carboxylic acids is 1. The van der Waals surface area contributed by atoms with Gasteiger partial charge in [0.25, 0.3) is 5.91 Å². The van der Waals surface area contributed by atoms with Gasteiger partial charge < -0.3 is 14.5 Å². The molecular weight excluding hydrogens is 260 g/mol. The largest absolute Gasteiger partial charge is 0.478 e. The molecule has 0 unspecified atom stereocenters. The van der Waals surface area contributed by atoms with E-state index in [4.69, 9.17) is 5.11 Å². The maximum atomic E-state index is 12.3. The van der Waals surface area contributed by atoms with Crippen LogP contribution in [0.15, 0.2) is 35.1 Å². The van der Waals surface area contributed by atoms with Crippen LogP contribution in [0.5, 0.6) is 0 Å². The number of hydrogen-bond acceptors (Lipinski definition) is 4. The van der Waals surface area contributed by atoms with E-state index in [0.29, 0.717) is 6.54 Å². The molecule has 1 aromatic heterocycles. The molecule has 0 spiro atoms. The molecule has 0 fully saturated rings. The van der Waals surface area contributed by atoms with E-state index in [1.165, 1.54) is 18.4 Å². The highest BCUT2D eigenvalue weighted by Gasteiger charge is 2.25. The standard InChI is InChI=1S/C14H12N2O4/c17-13(11-5-7-20-15-11)16-6-1-2-9-8-10(14(18)19)3-4-12(9)16/h3-5,7-8H,1-2,6H2,(H,18,19). The highest BCUT2D eigenvalue weighted by Crippen LogP contribution is 2.29. The Hall–Kier alpha value is -2.63. The van der Waals surface area contributed by atoms with Gasteiger partial charge in [0.1, 0.15) is 6.26 Å². The minimum absolute atomic E-state index is 0.234. The average Bonchev–Trinajstić information content (AvgIpc) is 2.99. The van der Waals surface area contributed by atoms with Gasteiger partial charge in [-0.05, 0) is 36.6 Å². The summed E-state index contributed by atoms with van der Waals surface area (Å²) in [6, 6.07) is 6.33. The van der Waals surface area contributed by atoms with Crippen molar-refractivity contribution in [3.8, 4) is 0 Å². The van der Waals surface area contributed by atoms with Crippen LogP contribution >= 0.6 is 0 Å². The third-order valence-electron chi connectivity index (χ3n) is 3.35. The SMILES string of the molecule is O=C(O)c1ccc2c(c1)CCCN2C(=O)c1ccon1. The molecule has 1 N–H and O–H groups in total. The van der Waals surface area contributed by atoms with Gasteiger partial charge in [0.2, 0.25) is 0 Å². The summed E-state index contributed by atoms with van der Waals surface area (Å²) in [7, 11) is 0. The van der Waals surface area contributed by atoms with Gasteiger partial charge in [0.15, 0.2) is 5.69 Å². The van der Waals surface area contributed by atoms with E-state index in [9.17, 15) is 9.59 Å². The van der Waals surface area contributed by atoms with Crippen molar-refractivity contribution in [2.75, 3.05) is 11.4 Å². The van der Waals surface area contributed by atoms with Crippen LogP contribution in [0, 0.1) is 0 Å². The normalized spacial score (nSPS) is 13.9. The Morgan fingerprint density at radius 2 is 2.15 bits per heavy atom. The van der Waals surface area contributed by atoms with E-state index in [1.54, 1.807) is 17.0 Å². The van der Waals surface area contributed by atoms with Crippen molar-refractivity contribution in [3.05, 3.63) is 47.3 Å². The molecule has 1 aromatic carbocycles. The number of rotatable bonds is 2. The Kier molecular flexibility index (Phi) is 2.98. The number of fused-ring (bicyclic) bond motifs is 1. The van der Waals surface area contributed by atoms with Gasteiger partial charge in [-0.1, -0.05) is 5.16 Å². The summed E-state index contributed by atoms with van der Waals surface area (Å²) in [5.41, 5.74) is 2.10. The molecule has 20 heavy (non-hydrogen) atoms. The lowest BCUT2D eigenvalue weighted by atomic mass is 9.99. The Labute approximate surface area is 114 Å². The summed E-state index contributed by atoms with van der Waals surface area (Å²) in [4.78, 5) is 24.9. The second kappa shape index (κ2) is 4.80. The minimum Gasteiger partial charge on any atom is -0.478 e. The molecule has 1 aliphatic heterocycles. The molecule has 0 aliphatic carbocycles. The number of aryl methyl sites for hydroxylation is 1. The van der Waals surface area contributed by atoms with E-state index < -0.39 is 5.97 Å². The Balaban J connectivity index is 1.98. The first-order valence-electron chi connectivity index (χ1n) is 6.25. The molecule has 0 bridgehead atoms. The Bertz CT molecular complexity index is 664. The van der Waals surface area contributed by atoms with Gasteiger partial charge in [0.05, 0.1) is 5.56 Å². The zero-order valence-corrected chi connectivity index (χ0v) is 10.6. The number of nitrogens with zero attached hydrogens (tertiary/aromatic N) is 2. The fourth-order valence-corrected chi connectivity index (χ4v) is 2.40. The summed E-state index contributed by atoms with van der Waals surface area (Å²) in [6.45, 7) is 0.588. The summed E-state index contributed by atoms with van der Waals surface area (Å²) in [5, 5.41) is 12.7. The molecule has 0 radical (unpaired) electrons. The molecule has 0 saturated carbocycles. The quantitative estimate of drug-likeness (QED) is 0.903. The predicted molar refractivity (Wildman–Crippen MR) is 69.9 cm³/mol. The molecule has 1 amide bonds. The maximum Gasteiger partial charge on any atom is 0.335 e. The zero-order chi connectivity index (χ0) is 14.1. The molecule has 6 heteroatoms. The highest BCUT2D eigenvalue weighted by atomic mass is 16.5. The number of hydrogen-bond donors (Lipinski definition) is 1. The van der Waals surface area contributed by atoms with Crippen molar-refractivity contribution in [2.24, 2.45) is 0 Å². The fourth-order valence-electron chi connectivity index (χ4n) is 2.40. The molecular formula is C14H12N2O4. The first kappa shape index (κ1) is 12.4. The van der Waals surface area contributed by atoms with Crippen LogP contribution in [0.25, 0.3) is 0 Å². The topological polar surface area (TPSA) is 83.6 Å². The number of carboxylic acid groups (broad SMARTS) is 1. The van der Waals surface area contributed by atoms with Gasteiger partial charge in [-0.25, -0.2) is 4.79 Å². The van der Waals surface area contributed by atoms with Gasteiger partial charge in [-0.15, -0.1) is 0 Å². The molecule has 102 valence electrons. The van der Waals surface area contributed by atoms with E-state index in [0.717, 1.165) is 24.1 Å². The molecule has 2 aromatic rings. The molecule has 3 rings (SSSR count). The molecule has 0 atom stereocenters. The fraction of sp³-hybridized carbons (Fsp3) is 0.214. The van der Waals surface area contributed by atoms with Crippen molar-refractivity contribution >= 4 is 17.6 Å². The number of benzene rings is 1. The van der Waals surface area contributed by atoms with E-state index in [2.05, 4.69) is 9.68 Å². The minimum atomic E-state index is -0.965. The summed E-state index contributed by atoms with van der Waals surface area (Å²) < 4.78 is 4.69. The first-order valence-corrected chi connectivity index (χ1v) is 6.25. The number of anilines is 1. The monoisotopic (exact) mass is 272 g/mol. The van der Waals surface area contributed by atoms with Crippen LogP contribution in [0.1, 0.15) is 32.8 Å². The van der Waals surface area contributed by atoms with Gasteiger partial charge in [-0.2, -0.15) is 0 Å². The molecule has 2 heterocycles. The van der Waals surface area contributed by atoms with Crippen LogP contribution in [0.3, 0.4) is 0 Å². The van der Waals surface area contributed by atoms with Crippen molar-refractivity contribution in [1.82, 2.24) is 5.16 Å². The molecule has 0 saturated heterocycles. The van der Waals surface area contributed by atoms with Crippen molar-refractivity contribution in [2.45, 2.75) is 12.8 Å². The molecule has 6 nitrogen and oxygen atoms in total. The summed E-state index contributed by atoms with van der Waals surface area (Å²) in [6.07, 6.45) is 2.91. The van der Waals surface area contributed by atoms with Crippen LogP contribution in [-0.4, -0.2) is 28.7 Å². The highest BCUT2D eigenvalue weighted by molar-refractivity contribution is 6.05. The third kappa shape index (κ3) is 2.05. The second-order valence-electron chi connectivity index (χ2n) is 4.59. The number of carbonyl (C=O) groups excluding carboxylic acids is 1. The smallest absolute Gasteiger partial charge is 0.335 e. The Morgan fingerprint density at radius 3 is 2.85 bits per heavy atom. The Morgan fingerprint density at radius 1 is 1.30 bits per heavy atom. The van der Waals surface area contributed by atoms with Crippen LogP contribution in [0.2, 0.25) is 0 Å². The summed E-state index contributed by atoms with van der Waals surface area (Å²) >= 11 is 0. The number of amides is 1. The van der Waals surface area contributed by atoms with E-state index in [1.807, 2.05) is 0 Å². The lowest BCUT2D eigenvalue weighted by molar-refractivity contribution is 0.0696. The lowest BCUT2D eigenvalue weighted by Crippen LogP contribution is -2.35. The van der Waals surface area contributed by atoms with Crippen LogP contribution < -0.4 is 4.90 Å². The van der Waals surface area contributed by atoms with Crippen LogP contribution in [0.4, 0.5) is 5.69 Å². The maximum absolute atomic E-state index is 12.3. The third-order valence-corrected chi connectivity index (χ3v) is 3.35. The number of carboxylic acids is 1. The first-order chi connectivity index (χ1) is 9.66.